The first-order chi connectivity index (χ1) is 9.83. The molecule has 0 fully saturated rings. The fraction of sp³-hybridized carbons (Fsp3) is 0.231. The van der Waals surface area contributed by atoms with Crippen LogP contribution >= 0.6 is 38.9 Å². The molecule has 0 radical (unpaired) electrons. The van der Waals surface area contributed by atoms with Crippen LogP contribution in [0.1, 0.15) is 18.5 Å². The van der Waals surface area contributed by atoms with Crippen molar-refractivity contribution in [2.24, 2.45) is 0 Å². The third-order valence-corrected chi connectivity index (χ3v) is 6.70. The summed E-state index contributed by atoms with van der Waals surface area (Å²) in [7, 11) is -2.00. The van der Waals surface area contributed by atoms with Crippen LogP contribution in [0.15, 0.2) is 39.0 Å². The van der Waals surface area contributed by atoms with E-state index in [-0.39, 0.29) is 10.3 Å². The smallest absolute Gasteiger partial charge is 0.250 e. The highest BCUT2D eigenvalue weighted by atomic mass is 79.9. The van der Waals surface area contributed by atoms with Gasteiger partial charge >= 0.3 is 0 Å². The van der Waals surface area contributed by atoms with E-state index < -0.39 is 10.0 Å². The van der Waals surface area contributed by atoms with Gasteiger partial charge in [0, 0.05) is 6.04 Å². The van der Waals surface area contributed by atoms with Gasteiger partial charge < -0.3 is 4.74 Å². The number of ether oxygens (including phenoxy) is 1. The van der Waals surface area contributed by atoms with Crippen LogP contribution < -0.4 is 9.46 Å². The molecule has 1 unspecified atom stereocenters. The molecule has 0 spiro atoms. The lowest BCUT2D eigenvalue weighted by atomic mass is 10.1. The Hall–Kier alpha value is -0.600. The minimum atomic E-state index is -3.58. The van der Waals surface area contributed by atoms with Crippen molar-refractivity contribution >= 4 is 48.9 Å². The molecule has 2 rings (SSSR count). The number of nitrogens with one attached hydrogen (secondary N) is 1. The lowest BCUT2D eigenvalue weighted by Gasteiger charge is -2.15. The highest BCUT2D eigenvalue weighted by Gasteiger charge is 2.20. The van der Waals surface area contributed by atoms with Crippen LogP contribution in [0.2, 0.25) is 4.34 Å². The summed E-state index contributed by atoms with van der Waals surface area (Å²) in [5.74, 6) is 0.693. The van der Waals surface area contributed by atoms with Crippen LogP contribution in [-0.2, 0) is 10.0 Å². The van der Waals surface area contributed by atoms with Crippen molar-refractivity contribution in [1.29, 1.82) is 0 Å². The van der Waals surface area contributed by atoms with Gasteiger partial charge in [-0.3, -0.25) is 0 Å². The molecule has 2 aromatic rings. The van der Waals surface area contributed by atoms with Crippen molar-refractivity contribution in [2.75, 3.05) is 7.11 Å². The monoisotopic (exact) mass is 409 g/mol. The quantitative estimate of drug-likeness (QED) is 0.803. The Balaban J connectivity index is 2.21. The molecule has 0 saturated carbocycles. The van der Waals surface area contributed by atoms with Crippen LogP contribution in [0.3, 0.4) is 0 Å². The number of halogens is 2. The Bertz CT molecular complexity index is 746. The van der Waals surface area contributed by atoms with Crippen LogP contribution in [-0.4, -0.2) is 15.5 Å². The van der Waals surface area contributed by atoms with Gasteiger partial charge in [0.2, 0.25) is 0 Å². The zero-order valence-electron chi connectivity index (χ0n) is 11.3. The predicted molar refractivity (Wildman–Crippen MR) is 88.8 cm³/mol. The molecule has 0 amide bonds. The van der Waals surface area contributed by atoms with Gasteiger partial charge in [-0.05, 0) is 52.7 Å². The van der Waals surface area contributed by atoms with Crippen LogP contribution in [0.25, 0.3) is 0 Å². The molecule has 114 valence electrons. The third kappa shape index (κ3) is 3.98. The second-order valence-corrected chi connectivity index (χ2v) is 8.81. The first-order valence-electron chi connectivity index (χ1n) is 5.94. The Morgan fingerprint density at radius 3 is 2.57 bits per heavy atom. The Labute approximate surface area is 141 Å². The summed E-state index contributed by atoms with van der Waals surface area (Å²) in [6.07, 6.45) is 0. The van der Waals surface area contributed by atoms with E-state index in [9.17, 15) is 8.42 Å². The Morgan fingerprint density at radius 2 is 2.05 bits per heavy atom. The summed E-state index contributed by atoms with van der Waals surface area (Å²) in [4.78, 5) is 0. The average molecular weight is 411 g/mol. The molecule has 1 aromatic carbocycles. The summed E-state index contributed by atoms with van der Waals surface area (Å²) in [6.45, 7) is 1.78. The number of thiophene rings is 1. The SMILES string of the molecule is COc1ccc(C(C)NS(=O)(=O)c2ccc(Cl)s2)cc1Br. The van der Waals surface area contributed by atoms with Gasteiger partial charge in [-0.2, -0.15) is 0 Å². The van der Waals surface area contributed by atoms with Gasteiger partial charge in [0.15, 0.2) is 0 Å². The molecule has 0 aliphatic rings. The standard InChI is InChI=1S/C13H13BrClNO3S2/c1-8(9-3-4-11(19-2)10(14)7-9)16-21(17,18)13-6-5-12(15)20-13/h3-8,16H,1-2H3. The van der Waals surface area contributed by atoms with Gasteiger partial charge in [0.25, 0.3) is 10.0 Å². The second-order valence-electron chi connectivity index (χ2n) is 4.30. The Morgan fingerprint density at radius 1 is 1.33 bits per heavy atom. The molecule has 1 atom stereocenters. The van der Waals surface area contributed by atoms with Gasteiger partial charge in [-0.15, -0.1) is 11.3 Å². The van der Waals surface area contributed by atoms with Crippen molar-refractivity contribution in [3.63, 3.8) is 0 Å². The van der Waals surface area contributed by atoms with Gasteiger partial charge in [-0.1, -0.05) is 17.7 Å². The molecule has 1 N–H and O–H groups in total. The van der Waals surface area contributed by atoms with E-state index in [1.807, 2.05) is 12.1 Å². The number of hydrogen-bond acceptors (Lipinski definition) is 4. The fourth-order valence-corrected chi connectivity index (χ4v) is 5.04. The lowest BCUT2D eigenvalue weighted by Crippen LogP contribution is -2.26. The number of benzene rings is 1. The van der Waals surface area contributed by atoms with E-state index in [2.05, 4.69) is 20.7 Å². The normalized spacial score (nSPS) is 13.1. The summed E-state index contributed by atoms with van der Waals surface area (Å²) < 4.78 is 33.7. The molecular weight excluding hydrogens is 398 g/mol. The summed E-state index contributed by atoms with van der Waals surface area (Å²) in [5, 5.41) is 0. The second kappa shape index (κ2) is 6.66. The highest BCUT2D eigenvalue weighted by molar-refractivity contribution is 9.10. The molecular formula is C13H13BrClNO3S2. The van der Waals surface area contributed by atoms with Crippen molar-refractivity contribution < 1.29 is 13.2 Å². The molecule has 0 aliphatic heterocycles. The zero-order valence-corrected chi connectivity index (χ0v) is 15.2. The van der Waals surface area contributed by atoms with Crippen LogP contribution in [0, 0.1) is 0 Å². The first kappa shape index (κ1) is 16.8. The van der Waals surface area contributed by atoms with E-state index in [1.54, 1.807) is 26.2 Å². The molecule has 1 aromatic heterocycles. The van der Waals surface area contributed by atoms with Crippen LogP contribution in [0.5, 0.6) is 5.75 Å². The minimum absolute atomic E-state index is 0.201. The topological polar surface area (TPSA) is 55.4 Å². The third-order valence-electron chi connectivity index (χ3n) is 2.82. The first-order valence-corrected chi connectivity index (χ1v) is 9.41. The Kier molecular flexibility index (Phi) is 5.32. The molecule has 0 aliphatic carbocycles. The van der Waals surface area contributed by atoms with E-state index in [0.29, 0.717) is 10.1 Å². The average Bonchev–Trinajstić information content (AvgIpc) is 2.85. The highest BCUT2D eigenvalue weighted by Crippen LogP contribution is 2.30. The summed E-state index contributed by atoms with van der Waals surface area (Å²) in [5.41, 5.74) is 0.828. The van der Waals surface area contributed by atoms with Crippen LogP contribution in [0.4, 0.5) is 0 Å². The zero-order chi connectivity index (χ0) is 15.6. The molecule has 0 bridgehead atoms. The number of methoxy groups -OCH3 is 1. The number of rotatable bonds is 5. The minimum Gasteiger partial charge on any atom is -0.496 e. The van der Waals surface area contributed by atoms with Gasteiger partial charge in [0.1, 0.15) is 9.96 Å². The van der Waals surface area contributed by atoms with Crippen molar-refractivity contribution in [3.05, 3.63) is 44.7 Å². The largest absolute Gasteiger partial charge is 0.496 e. The van der Waals surface area contributed by atoms with E-state index >= 15 is 0 Å². The maximum absolute atomic E-state index is 12.2. The van der Waals surface area contributed by atoms with E-state index in [0.717, 1.165) is 21.4 Å². The van der Waals surface area contributed by atoms with Crippen molar-refractivity contribution in [2.45, 2.75) is 17.2 Å². The van der Waals surface area contributed by atoms with Crippen molar-refractivity contribution in [1.82, 2.24) is 4.72 Å². The molecule has 8 heteroatoms. The van der Waals surface area contributed by atoms with Gasteiger partial charge in [0.05, 0.1) is 15.9 Å². The van der Waals surface area contributed by atoms with E-state index in [1.165, 1.54) is 6.07 Å². The number of sulfonamides is 1. The summed E-state index contributed by atoms with van der Waals surface area (Å²) in [6, 6.07) is 8.11. The van der Waals surface area contributed by atoms with Gasteiger partial charge in [-0.25, -0.2) is 13.1 Å². The van der Waals surface area contributed by atoms with E-state index in [4.69, 9.17) is 16.3 Å². The lowest BCUT2D eigenvalue weighted by molar-refractivity contribution is 0.412. The fourth-order valence-electron chi connectivity index (χ4n) is 1.75. The maximum atomic E-state index is 12.2. The molecule has 1 heterocycles. The molecule has 4 nitrogen and oxygen atoms in total. The maximum Gasteiger partial charge on any atom is 0.250 e. The van der Waals surface area contributed by atoms with Crippen molar-refractivity contribution in [3.8, 4) is 5.75 Å². The summed E-state index contributed by atoms with van der Waals surface area (Å²) >= 11 is 10.2. The molecule has 0 saturated heterocycles. The number of hydrogen-bond donors (Lipinski definition) is 1. The molecule has 21 heavy (non-hydrogen) atoms. The predicted octanol–water partition coefficient (Wildman–Crippen LogP) is 4.21.